The standard InChI is InChI=1S/C56H36N2/c1-3-15-44(16-4-1)57(52-20-10-12-38-11-7-8-19-48(38)52)46-29-23-37(24-30-46)42-27-33-53-50(35-42)51-36-43(28-34-54(51)58(53)45-17-5-2-6-18-45)47-31-25-41-22-21-39-13-9-14-40-26-32-49(47)56(41)55(39)40/h1-36H. The van der Waals surface area contributed by atoms with E-state index >= 15 is 0 Å². The Morgan fingerprint density at radius 1 is 0.310 bits per heavy atom. The molecule has 0 aliphatic carbocycles. The fourth-order valence-corrected chi connectivity index (χ4v) is 9.42. The zero-order chi connectivity index (χ0) is 38.2. The number of hydrogen-bond donors (Lipinski definition) is 0. The van der Waals surface area contributed by atoms with Crippen molar-refractivity contribution in [3.63, 3.8) is 0 Å². The molecule has 1 aromatic heterocycles. The van der Waals surface area contributed by atoms with Crippen LogP contribution in [-0.2, 0) is 0 Å². The number of para-hydroxylation sites is 2. The minimum atomic E-state index is 1.12. The van der Waals surface area contributed by atoms with Crippen molar-refractivity contribution in [3.05, 3.63) is 218 Å². The largest absolute Gasteiger partial charge is 0.310 e. The summed E-state index contributed by atoms with van der Waals surface area (Å²) < 4.78 is 2.41. The lowest BCUT2D eigenvalue weighted by Crippen LogP contribution is -2.10. The first kappa shape index (κ1) is 32.6. The molecule has 0 unspecified atom stereocenters. The minimum Gasteiger partial charge on any atom is -0.310 e. The number of nitrogens with zero attached hydrogens (tertiary/aromatic N) is 2. The zero-order valence-corrected chi connectivity index (χ0v) is 31.7. The van der Waals surface area contributed by atoms with Crippen molar-refractivity contribution in [2.75, 3.05) is 4.90 Å². The third kappa shape index (κ3) is 5.05. The summed E-state index contributed by atoms with van der Waals surface area (Å²) in [7, 11) is 0. The predicted octanol–water partition coefficient (Wildman–Crippen LogP) is 15.6. The molecule has 270 valence electrons. The van der Waals surface area contributed by atoms with E-state index in [1.807, 2.05) is 0 Å². The highest BCUT2D eigenvalue weighted by Crippen LogP contribution is 2.43. The van der Waals surface area contributed by atoms with Crippen LogP contribution in [0.1, 0.15) is 0 Å². The molecule has 1 heterocycles. The van der Waals surface area contributed by atoms with Crippen molar-refractivity contribution >= 4 is 82.0 Å². The maximum atomic E-state index is 2.41. The van der Waals surface area contributed by atoms with Crippen LogP contribution < -0.4 is 4.90 Å². The first-order valence-electron chi connectivity index (χ1n) is 20.0. The summed E-state index contributed by atoms with van der Waals surface area (Å²) in [5.74, 6) is 0. The number of rotatable bonds is 6. The van der Waals surface area contributed by atoms with E-state index < -0.39 is 0 Å². The molecular weight excluding hydrogens is 701 g/mol. The molecule has 11 aromatic carbocycles. The molecule has 0 bridgehead atoms. The van der Waals surface area contributed by atoms with Gasteiger partial charge in [0.15, 0.2) is 0 Å². The Bertz CT molecular complexity index is 3470. The van der Waals surface area contributed by atoms with Crippen molar-refractivity contribution in [2.24, 2.45) is 0 Å². The molecule has 2 nitrogen and oxygen atoms in total. The molecular formula is C56H36N2. The predicted molar refractivity (Wildman–Crippen MR) is 248 cm³/mol. The molecule has 0 saturated heterocycles. The summed E-state index contributed by atoms with van der Waals surface area (Å²) in [6.45, 7) is 0. The highest BCUT2D eigenvalue weighted by molar-refractivity contribution is 6.25. The van der Waals surface area contributed by atoms with Gasteiger partial charge in [0.1, 0.15) is 0 Å². The monoisotopic (exact) mass is 736 g/mol. The van der Waals surface area contributed by atoms with Crippen molar-refractivity contribution < 1.29 is 0 Å². The van der Waals surface area contributed by atoms with Crippen molar-refractivity contribution in [2.45, 2.75) is 0 Å². The average molecular weight is 737 g/mol. The molecule has 58 heavy (non-hydrogen) atoms. The van der Waals surface area contributed by atoms with Crippen LogP contribution in [0.4, 0.5) is 17.1 Å². The Labute approximate surface area is 336 Å². The molecule has 0 amide bonds. The summed E-state index contributed by atoms with van der Waals surface area (Å²) in [5.41, 5.74) is 11.8. The Kier molecular flexibility index (Phi) is 7.26. The van der Waals surface area contributed by atoms with E-state index in [1.54, 1.807) is 0 Å². The van der Waals surface area contributed by atoms with Crippen LogP contribution >= 0.6 is 0 Å². The van der Waals surface area contributed by atoms with Crippen molar-refractivity contribution in [1.82, 2.24) is 4.57 Å². The molecule has 12 aromatic rings. The van der Waals surface area contributed by atoms with Gasteiger partial charge < -0.3 is 9.47 Å². The number of benzene rings is 11. The summed E-state index contributed by atoms with van der Waals surface area (Å²) >= 11 is 0. The second kappa shape index (κ2) is 12.9. The van der Waals surface area contributed by atoms with Crippen molar-refractivity contribution in [3.8, 4) is 27.9 Å². The van der Waals surface area contributed by atoms with E-state index in [-0.39, 0.29) is 0 Å². The van der Waals surface area contributed by atoms with Crippen LogP contribution in [0.15, 0.2) is 218 Å². The van der Waals surface area contributed by atoms with Crippen LogP contribution in [0, 0.1) is 0 Å². The van der Waals surface area contributed by atoms with E-state index in [1.165, 1.54) is 87.1 Å². The Hall–Kier alpha value is -7.68. The molecule has 0 aliphatic rings. The molecule has 0 atom stereocenters. The molecule has 0 spiro atoms. The lowest BCUT2D eigenvalue weighted by Gasteiger charge is -2.27. The summed E-state index contributed by atoms with van der Waals surface area (Å²) in [5, 5.41) is 12.8. The van der Waals surface area contributed by atoms with Gasteiger partial charge in [-0.2, -0.15) is 0 Å². The second-order valence-electron chi connectivity index (χ2n) is 15.3. The molecule has 0 fully saturated rings. The Morgan fingerprint density at radius 3 is 1.64 bits per heavy atom. The first-order chi connectivity index (χ1) is 28.8. The maximum absolute atomic E-state index is 2.41. The van der Waals surface area contributed by atoms with Crippen LogP contribution in [0.25, 0.3) is 92.8 Å². The lowest BCUT2D eigenvalue weighted by atomic mass is 9.89. The molecule has 0 radical (unpaired) electrons. The number of anilines is 3. The lowest BCUT2D eigenvalue weighted by molar-refractivity contribution is 1.18. The third-order valence-corrected chi connectivity index (χ3v) is 12.1. The SMILES string of the molecule is c1ccc(N(c2ccc(-c3ccc4c(c3)c3cc(-c5ccc6ccc7cccc8ccc5c6c78)ccc3n4-c3ccccc3)cc2)c2cccc3ccccc23)cc1. The van der Waals surface area contributed by atoms with E-state index in [0.29, 0.717) is 0 Å². The maximum Gasteiger partial charge on any atom is 0.0541 e. The zero-order valence-electron chi connectivity index (χ0n) is 31.7. The van der Waals surface area contributed by atoms with Gasteiger partial charge in [-0.3, -0.25) is 0 Å². The highest BCUT2D eigenvalue weighted by atomic mass is 15.1. The van der Waals surface area contributed by atoms with E-state index in [2.05, 4.69) is 228 Å². The third-order valence-electron chi connectivity index (χ3n) is 12.1. The number of hydrogen-bond acceptors (Lipinski definition) is 1. The topological polar surface area (TPSA) is 8.17 Å². The second-order valence-corrected chi connectivity index (χ2v) is 15.3. The average Bonchev–Trinajstić information content (AvgIpc) is 3.62. The van der Waals surface area contributed by atoms with Gasteiger partial charge in [-0.1, -0.05) is 152 Å². The van der Waals surface area contributed by atoms with E-state index in [9.17, 15) is 0 Å². The van der Waals surface area contributed by atoms with Gasteiger partial charge in [0.05, 0.1) is 16.7 Å². The Morgan fingerprint density at radius 2 is 0.862 bits per heavy atom. The molecule has 0 aliphatic heterocycles. The van der Waals surface area contributed by atoms with Gasteiger partial charge in [0, 0.05) is 33.2 Å². The van der Waals surface area contributed by atoms with E-state index in [4.69, 9.17) is 0 Å². The van der Waals surface area contributed by atoms with Crippen molar-refractivity contribution in [1.29, 1.82) is 0 Å². The normalized spacial score (nSPS) is 11.8. The first-order valence-corrected chi connectivity index (χ1v) is 20.0. The Balaban J connectivity index is 1.02. The van der Waals surface area contributed by atoms with Crippen LogP contribution in [0.3, 0.4) is 0 Å². The highest BCUT2D eigenvalue weighted by Gasteiger charge is 2.18. The van der Waals surface area contributed by atoms with Crippen LogP contribution in [0.2, 0.25) is 0 Å². The van der Waals surface area contributed by atoms with Gasteiger partial charge in [-0.15, -0.1) is 0 Å². The number of fused-ring (bicyclic) bond motifs is 4. The molecule has 2 heteroatoms. The van der Waals surface area contributed by atoms with Crippen LogP contribution in [-0.4, -0.2) is 4.57 Å². The summed E-state index contributed by atoms with van der Waals surface area (Å²) in [4.78, 5) is 2.36. The van der Waals surface area contributed by atoms with Crippen LogP contribution in [0.5, 0.6) is 0 Å². The molecule has 12 rings (SSSR count). The van der Waals surface area contributed by atoms with Gasteiger partial charge in [-0.05, 0) is 127 Å². The molecule has 0 N–H and O–H groups in total. The molecule has 0 saturated carbocycles. The van der Waals surface area contributed by atoms with Gasteiger partial charge in [-0.25, -0.2) is 0 Å². The minimum absolute atomic E-state index is 1.12. The fraction of sp³-hybridized carbons (Fsp3) is 0. The smallest absolute Gasteiger partial charge is 0.0541 e. The fourth-order valence-electron chi connectivity index (χ4n) is 9.42. The van der Waals surface area contributed by atoms with Gasteiger partial charge in [0.2, 0.25) is 0 Å². The number of aromatic nitrogens is 1. The summed E-state index contributed by atoms with van der Waals surface area (Å²) in [6.07, 6.45) is 0. The van der Waals surface area contributed by atoms with E-state index in [0.717, 1.165) is 22.7 Å². The quantitative estimate of drug-likeness (QED) is 0.154. The van der Waals surface area contributed by atoms with Gasteiger partial charge in [0.25, 0.3) is 0 Å². The summed E-state index contributed by atoms with van der Waals surface area (Å²) in [6, 6.07) is 80.0. The van der Waals surface area contributed by atoms with Gasteiger partial charge >= 0.3 is 0 Å².